The van der Waals surface area contributed by atoms with Gasteiger partial charge in [0.05, 0.1) is 24.7 Å². The molecule has 3 atom stereocenters. The molecule has 0 aromatic heterocycles. The highest BCUT2D eigenvalue weighted by atomic mass is 19.4. The number of ether oxygens (including phenoxy) is 1. The number of carbonyl (C=O) groups is 1. The van der Waals surface area contributed by atoms with Crippen molar-refractivity contribution in [3.05, 3.63) is 54.1 Å². The summed E-state index contributed by atoms with van der Waals surface area (Å²) in [5.41, 5.74) is -1.91. The van der Waals surface area contributed by atoms with E-state index in [1.165, 1.54) is 17.1 Å². The van der Waals surface area contributed by atoms with Crippen molar-refractivity contribution in [2.75, 3.05) is 39.4 Å². The van der Waals surface area contributed by atoms with E-state index in [1.54, 1.807) is 6.08 Å². The highest BCUT2D eigenvalue weighted by Gasteiger charge is 2.58. The minimum Gasteiger partial charge on any atom is -0.394 e. The molecule has 0 spiro atoms. The number of aliphatic hydroxyl groups excluding tert-OH is 1. The summed E-state index contributed by atoms with van der Waals surface area (Å²) >= 11 is 0. The maximum Gasteiger partial charge on any atom is 0.395 e. The SMILES string of the molecule is O=C(N1CCC[C@@H]1CO)C1(OCC2CCN(CC3(C(F)(F)F)CCC3)CC2)C=CC(c2ccccc2)=CC1F. The third-order valence-corrected chi connectivity index (χ3v) is 9.24. The molecule has 2 unspecified atom stereocenters. The van der Waals surface area contributed by atoms with Gasteiger partial charge in [-0.25, -0.2) is 4.39 Å². The molecule has 5 nitrogen and oxygen atoms in total. The number of likely N-dealkylation sites (tertiary alicyclic amines) is 2. The summed E-state index contributed by atoms with van der Waals surface area (Å²) in [6.45, 7) is 1.47. The van der Waals surface area contributed by atoms with Crippen LogP contribution in [0.3, 0.4) is 0 Å². The quantitative estimate of drug-likeness (QED) is 0.455. The predicted octanol–water partition coefficient (Wildman–Crippen LogP) is 5.16. The van der Waals surface area contributed by atoms with Gasteiger partial charge in [-0.1, -0.05) is 42.8 Å². The van der Waals surface area contributed by atoms with Gasteiger partial charge in [0.2, 0.25) is 0 Å². The fourth-order valence-corrected chi connectivity index (χ4v) is 6.49. The van der Waals surface area contributed by atoms with Crippen molar-refractivity contribution in [2.45, 2.75) is 68.9 Å². The number of aliphatic hydroxyl groups is 1. The molecule has 1 saturated carbocycles. The average molecular weight is 551 g/mol. The summed E-state index contributed by atoms with van der Waals surface area (Å²) in [5.74, 6) is -0.470. The standard InChI is InChI=1S/C30H38F4N2O3/c31-26-18-24(23-6-2-1-3-7-23)9-14-29(26,27(38)36-15-4-8-25(36)19-37)39-20-22-10-16-35(17-11-22)21-28(12-5-13-28)30(32,33)34/h1-3,6-7,9,14,18,22,25-26,37H,4-5,8,10-13,15-17,19-21H2/t25-,26?,29?/m1/s1. The smallest absolute Gasteiger partial charge is 0.394 e. The molecule has 1 aromatic carbocycles. The molecule has 2 saturated heterocycles. The van der Waals surface area contributed by atoms with Crippen LogP contribution in [0.15, 0.2) is 48.6 Å². The average Bonchev–Trinajstić information content (AvgIpc) is 3.39. The first-order chi connectivity index (χ1) is 18.7. The maximum absolute atomic E-state index is 16.1. The number of nitrogens with zero attached hydrogens (tertiary/aromatic N) is 2. The van der Waals surface area contributed by atoms with Gasteiger partial charge in [0.15, 0.2) is 11.8 Å². The summed E-state index contributed by atoms with van der Waals surface area (Å²) in [6.07, 6.45) is 2.42. The predicted molar refractivity (Wildman–Crippen MR) is 140 cm³/mol. The van der Waals surface area contributed by atoms with Gasteiger partial charge >= 0.3 is 6.18 Å². The first kappa shape index (κ1) is 28.3. The molecule has 2 aliphatic heterocycles. The number of alkyl halides is 4. The lowest BCUT2D eigenvalue weighted by Gasteiger charge is -2.47. The Labute approximate surface area is 227 Å². The third kappa shape index (κ3) is 5.55. The number of rotatable bonds is 8. The number of carbonyl (C=O) groups excluding carboxylic acids is 1. The summed E-state index contributed by atoms with van der Waals surface area (Å²) in [7, 11) is 0. The number of benzene rings is 1. The summed E-state index contributed by atoms with van der Waals surface area (Å²) in [5, 5.41) is 9.80. The van der Waals surface area contributed by atoms with Crippen molar-refractivity contribution in [3.8, 4) is 0 Å². The molecule has 2 heterocycles. The van der Waals surface area contributed by atoms with Crippen molar-refractivity contribution in [2.24, 2.45) is 11.3 Å². The van der Waals surface area contributed by atoms with Gasteiger partial charge in [0.1, 0.15) is 0 Å². The molecule has 5 rings (SSSR count). The van der Waals surface area contributed by atoms with Crippen molar-refractivity contribution in [1.29, 1.82) is 0 Å². The van der Waals surface area contributed by atoms with Crippen LogP contribution in [0.2, 0.25) is 0 Å². The Morgan fingerprint density at radius 1 is 1.05 bits per heavy atom. The molecular weight excluding hydrogens is 512 g/mol. The van der Waals surface area contributed by atoms with Crippen molar-refractivity contribution in [3.63, 3.8) is 0 Å². The second-order valence-electron chi connectivity index (χ2n) is 11.7. The molecule has 0 bridgehead atoms. The first-order valence-corrected chi connectivity index (χ1v) is 14.1. The molecule has 9 heteroatoms. The summed E-state index contributed by atoms with van der Waals surface area (Å²) < 4.78 is 63.2. The van der Waals surface area contributed by atoms with Crippen LogP contribution in [0.5, 0.6) is 0 Å². The zero-order valence-electron chi connectivity index (χ0n) is 22.2. The fourth-order valence-electron chi connectivity index (χ4n) is 6.49. The first-order valence-electron chi connectivity index (χ1n) is 14.1. The van der Waals surface area contributed by atoms with Gasteiger partial charge in [-0.15, -0.1) is 0 Å². The van der Waals surface area contributed by atoms with Crippen LogP contribution >= 0.6 is 0 Å². The minimum atomic E-state index is -4.18. The van der Waals surface area contributed by atoms with E-state index in [0.717, 1.165) is 12.0 Å². The Kier molecular flexibility index (Phi) is 8.23. The van der Waals surface area contributed by atoms with E-state index < -0.39 is 29.3 Å². The van der Waals surface area contributed by atoms with Crippen LogP contribution in [-0.2, 0) is 9.53 Å². The molecule has 1 aromatic rings. The lowest BCUT2D eigenvalue weighted by molar-refractivity contribution is -0.256. The van der Waals surface area contributed by atoms with Crippen LogP contribution in [0, 0.1) is 11.3 Å². The number of hydrogen-bond donors (Lipinski definition) is 1. The van der Waals surface area contributed by atoms with E-state index in [1.807, 2.05) is 35.2 Å². The van der Waals surface area contributed by atoms with Crippen LogP contribution in [0.1, 0.15) is 50.5 Å². The molecule has 1 N–H and O–H groups in total. The number of allylic oxidation sites excluding steroid dienone is 2. The highest BCUT2D eigenvalue weighted by Crippen LogP contribution is 2.53. The van der Waals surface area contributed by atoms with E-state index in [2.05, 4.69) is 0 Å². The molecule has 39 heavy (non-hydrogen) atoms. The van der Waals surface area contributed by atoms with E-state index in [0.29, 0.717) is 50.9 Å². The molecule has 214 valence electrons. The molecule has 1 amide bonds. The lowest BCUT2D eigenvalue weighted by atomic mass is 9.67. The molecular formula is C30H38F4N2O3. The second kappa shape index (κ2) is 11.3. The molecule has 3 fully saturated rings. The van der Waals surface area contributed by atoms with Crippen LogP contribution in [0.4, 0.5) is 17.6 Å². The Morgan fingerprint density at radius 3 is 2.36 bits per heavy atom. The van der Waals surface area contributed by atoms with Crippen LogP contribution in [-0.4, -0.2) is 84.2 Å². The van der Waals surface area contributed by atoms with Crippen LogP contribution in [0.25, 0.3) is 5.57 Å². The Balaban J connectivity index is 1.27. The van der Waals surface area contributed by atoms with Crippen molar-refractivity contribution in [1.82, 2.24) is 9.80 Å². The monoisotopic (exact) mass is 550 g/mol. The van der Waals surface area contributed by atoms with E-state index in [-0.39, 0.29) is 44.6 Å². The van der Waals surface area contributed by atoms with Gasteiger partial charge in [0.25, 0.3) is 5.91 Å². The normalized spacial score (nSPS) is 29.8. The summed E-state index contributed by atoms with van der Waals surface area (Å²) in [4.78, 5) is 17.2. The molecule has 2 aliphatic carbocycles. The van der Waals surface area contributed by atoms with E-state index in [4.69, 9.17) is 4.74 Å². The molecule has 4 aliphatic rings. The minimum absolute atomic E-state index is 0.0152. The van der Waals surface area contributed by atoms with E-state index >= 15 is 4.39 Å². The van der Waals surface area contributed by atoms with Gasteiger partial charge < -0.3 is 19.6 Å². The second-order valence-corrected chi connectivity index (χ2v) is 11.7. The van der Waals surface area contributed by atoms with Crippen LogP contribution < -0.4 is 0 Å². The third-order valence-electron chi connectivity index (χ3n) is 9.24. The molecule has 0 radical (unpaired) electrons. The number of hydrogen-bond acceptors (Lipinski definition) is 4. The van der Waals surface area contributed by atoms with Crippen molar-refractivity contribution < 1.29 is 32.2 Å². The fraction of sp³-hybridized carbons (Fsp3) is 0.633. The Bertz CT molecular complexity index is 1060. The van der Waals surface area contributed by atoms with Gasteiger partial charge in [0, 0.05) is 13.1 Å². The van der Waals surface area contributed by atoms with Gasteiger partial charge in [-0.05, 0) is 80.8 Å². The zero-order valence-corrected chi connectivity index (χ0v) is 22.2. The number of piperidine rings is 1. The largest absolute Gasteiger partial charge is 0.395 e. The zero-order chi connectivity index (χ0) is 27.7. The Hall–Kier alpha value is -2.23. The van der Waals surface area contributed by atoms with Crippen molar-refractivity contribution >= 4 is 11.5 Å². The summed E-state index contributed by atoms with van der Waals surface area (Å²) in [6, 6.07) is 9.00. The maximum atomic E-state index is 16.1. The highest BCUT2D eigenvalue weighted by molar-refractivity contribution is 5.92. The lowest BCUT2D eigenvalue weighted by Crippen LogP contribution is -2.58. The topological polar surface area (TPSA) is 53.0 Å². The van der Waals surface area contributed by atoms with Gasteiger partial charge in [-0.3, -0.25) is 4.79 Å². The van der Waals surface area contributed by atoms with Gasteiger partial charge in [-0.2, -0.15) is 13.2 Å². The van der Waals surface area contributed by atoms with E-state index in [9.17, 15) is 23.1 Å². The number of amides is 1. The Morgan fingerprint density at radius 2 is 1.77 bits per heavy atom. The number of halogens is 4.